The Morgan fingerprint density at radius 3 is 2.11 bits per heavy atom. The van der Waals surface area contributed by atoms with E-state index in [1.807, 2.05) is 27.7 Å². The first-order valence-corrected chi connectivity index (χ1v) is 9.10. The highest BCUT2D eigenvalue weighted by Gasteiger charge is 2.23. The summed E-state index contributed by atoms with van der Waals surface area (Å²) in [5, 5.41) is 3.10. The molecule has 2 rings (SSSR count). The molecule has 1 aromatic heterocycles. The van der Waals surface area contributed by atoms with Crippen LogP contribution in [0.1, 0.15) is 48.4 Å². The molecule has 7 heteroatoms. The maximum Gasteiger partial charge on any atom is 0.274 e. The summed E-state index contributed by atoms with van der Waals surface area (Å²) in [6.45, 7) is 7.73. The average molecular weight is 390 g/mol. The van der Waals surface area contributed by atoms with Crippen molar-refractivity contribution < 1.29 is 9.59 Å². The number of hydrogen-bond donors (Lipinski definition) is 1. The van der Waals surface area contributed by atoms with E-state index in [0.29, 0.717) is 16.1 Å². The molecule has 0 aliphatic carbocycles. The first-order valence-electron chi connectivity index (χ1n) is 8.72. The summed E-state index contributed by atoms with van der Waals surface area (Å²) in [7, 11) is 1.55. The van der Waals surface area contributed by atoms with Crippen molar-refractivity contribution in [1.29, 1.82) is 0 Å². The van der Waals surface area contributed by atoms with Crippen molar-refractivity contribution in [3.05, 3.63) is 63.0 Å². The second-order valence-electron chi connectivity index (χ2n) is 6.92. The molecule has 1 aromatic carbocycles. The van der Waals surface area contributed by atoms with E-state index < -0.39 is 11.5 Å². The highest BCUT2D eigenvalue weighted by Crippen LogP contribution is 2.15. The molecule has 0 atom stereocenters. The molecule has 0 unspecified atom stereocenters. The van der Waals surface area contributed by atoms with Crippen LogP contribution >= 0.6 is 11.6 Å². The molecule has 1 N–H and O–H groups in total. The third-order valence-corrected chi connectivity index (χ3v) is 4.38. The van der Waals surface area contributed by atoms with Gasteiger partial charge in [0, 0.05) is 35.9 Å². The van der Waals surface area contributed by atoms with Crippen LogP contribution in [-0.2, 0) is 7.05 Å². The van der Waals surface area contributed by atoms with Crippen molar-refractivity contribution >= 4 is 29.1 Å². The van der Waals surface area contributed by atoms with E-state index in [-0.39, 0.29) is 23.7 Å². The van der Waals surface area contributed by atoms with E-state index in [2.05, 4.69) is 5.32 Å². The summed E-state index contributed by atoms with van der Waals surface area (Å²) >= 11 is 5.83. The molecule has 144 valence electrons. The molecule has 0 fully saturated rings. The van der Waals surface area contributed by atoms with Gasteiger partial charge in [-0.25, -0.2) is 0 Å². The maximum atomic E-state index is 12.9. The largest absolute Gasteiger partial charge is 0.334 e. The summed E-state index contributed by atoms with van der Waals surface area (Å²) in [6.07, 6.45) is 1.49. The molecule has 1 heterocycles. The van der Waals surface area contributed by atoms with Crippen LogP contribution in [0.3, 0.4) is 0 Å². The van der Waals surface area contributed by atoms with Crippen LogP contribution < -0.4 is 10.9 Å². The smallest absolute Gasteiger partial charge is 0.274 e. The Labute approximate surface area is 163 Å². The van der Waals surface area contributed by atoms with Crippen LogP contribution in [0.25, 0.3) is 0 Å². The number of aryl methyl sites for hydroxylation is 1. The van der Waals surface area contributed by atoms with Gasteiger partial charge in [0.1, 0.15) is 5.69 Å². The lowest BCUT2D eigenvalue weighted by Crippen LogP contribution is -2.42. The number of carbonyl (C=O) groups is 2. The summed E-state index contributed by atoms with van der Waals surface area (Å²) in [5.41, 5.74) is 0.361. The molecule has 0 saturated carbocycles. The Kier molecular flexibility index (Phi) is 6.44. The minimum atomic E-state index is -0.446. The Balaban J connectivity index is 2.38. The zero-order valence-corrected chi connectivity index (χ0v) is 16.9. The van der Waals surface area contributed by atoms with E-state index in [1.165, 1.54) is 16.8 Å². The molecule has 0 saturated heterocycles. The van der Waals surface area contributed by atoms with Crippen LogP contribution in [0.4, 0.5) is 5.69 Å². The number of amides is 2. The molecular formula is C20H24ClN3O3. The van der Waals surface area contributed by atoms with Gasteiger partial charge < -0.3 is 14.8 Å². The summed E-state index contributed by atoms with van der Waals surface area (Å²) in [4.78, 5) is 39.5. The third-order valence-electron chi connectivity index (χ3n) is 4.13. The average Bonchev–Trinajstić information content (AvgIpc) is 2.58. The summed E-state index contributed by atoms with van der Waals surface area (Å²) < 4.78 is 1.30. The Bertz CT molecular complexity index is 894. The molecule has 0 aliphatic rings. The molecule has 0 radical (unpaired) electrons. The number of hydrogen-bond acceptors (Lipinski definition) is 3. The van der Waals surface area contributed by atoms with Gasteiger partial charge in [-0.2, -0.15) is 0 Å². The highest BCUT2D eigenvalue weighted by atomic mass is 35.5. The Morgan fingerprint density at radius 1 is 1.04 bits per heavy atom. The standard InChI is InChI=1S/C20H24ClN3O3/c1-12(2)24(13(3)4)19(26)15-10-17(20(27)23(5)11-15)22-18(25)14-6-8-16(21)9-7-14/h6-13H,1-5H3,(H,22,25). The van der Waals surface area contributed by atoms with Gasteiger partial charge >= 0.3 is 0 Å². The second kappa shape index (κ2) is 8.39. The normalized spacial score (nSPS) is 11.0. The lowest BCUT2D eigenvalue weighted by Gasteiger charge is -2.31. The third kappa shape index (κ3) is 4.77. The summed E-state index contributed by atoms with van der Waals surface area (Å²) in [5.74, 6) is -0.643. The Hall–Kier alpha value is -2.60. The minimum Gasteiger partial charge on any atom is -0.334 e. The van der Waals surface area contributed by atoms with Crippen LogP contribution in [0.2, 0.25) is 5.02 Å². The van der Waals surface area contributed by atoms with Crippen LogP contribution in [-0.4, -0.2) is 33.4 Å². The SMILES string of the molecule is CC(C)N(C(=O)c1cc(NC(=O)c2ccc(Cl)cc2)c(=O)n(C)c1)C(C)C. The number of nitrogens with zero attached hydrogens (tertiary/aromatic N) is 2. The van der Waals surface area contributed by atoms with Crippen molar-refractivity contribution in [2.24, 2.45) is 7.05 Å². The van der Waals surface area contributed by atoms with Crippen LogP contribution in [0.15, 0.2) is 41.3 Å². The van der Waals surface area contributed by atoms with Gasteiger partial charge in [0.05, 0.1) is 5.56 Å². The van der Waals surface area contributed by atoms with Gasteiger partial charge in [0.2, 0.25) is 0 Å². The predicted molar refractivity (Wildman–Crippen MR) is 108 cm³/mol. The van der Waals surface area contributed by atoms with Gasteiger partial charge in [0.25, 0.3) is 17.4 Å². The van der Waals surface area contributed by atoms with Crippen LogP contribution in [0.5, 0.6) is 0 Å². The van der Waals surface area contributed by atoms with Crippen molar-refractivity contribution in [2.75, 3.05) is 5.32 Å². The molecule has 2 aromatic rings. The lowest BCUT2D eigenvalue weighted by atomic mass is 10.1. The zero-order chi connectivity index (χ0) is 20.3. The number of pyridine rings is 1. The molecule has 6 nitrogen and oxygen atoms in total. The van der Waals surface area contributed by atoms with Gasteiger partial charge in [-0.1, -0.05) is 11.6 Å². The van der Waals surface area contributed by atoms with Crippen molar-refractivity contribution in [3.8, 4) is 0 Å². The highest BCUT2D eigenvalue weighted by molar-refractivity contribution is 6.30. The quantitative estimate of drug-likeness (QED) is 0.849. The van der Waals surface area contributed by atoms with E-state index in [1.54, 1.807) is 36.2 Å². The number of anilines is 1. The summed E-state index contributed by atoms with van der Waals surface area (Å²) in [6, 6.07) is 7.75. The molecule has 0 aliphatic heterocycles. The van der Waals surface area contributed by atoms with Crippen LogP contribution in [0, 0.1) is 0 Å². The van der Waals surface area contributed by atoms with Crippen molar-refractivity contribution in [3.63, 3.8) is 0 Å². The van der Waals surface area contributed by atoms with Crippen molar-refractivity contribution in [2.45, 2.75) is 39.8 Å². The maximum absolute atomic E-state index is 12.9. The fraction of sp³-hybridized carbons (Fsp3) is 0.350. The number of benzene rings is 1. The van der Waals surface area contributed by atoms with E-state index in [9.17, 15) is 14.4 Å². The molecular weight excluding hydrogens is 366 g/mol. The molecule has 2 amide bonds. The first-order chi connectivity index (χ1) is 12.6. The van der Waals surface area contributed by atoms with Gasteiger partial charge in [-0.3, -0.25) is 14.4 Å². The molecule has 27 heavy (non-hydrogen) atoms. The van der Waals surface area contributed by atoms with E-state index in [4.69, 9.17) is 11.6 Å². The van der Waals surface area contributed by atoms with E-state index >= 15 is 0 Å². The first kappa shape index (κ1) is 20.7. The molecule has 0 spiro atoms. The molecule has 0 bridgehead atoms. The number of rotatable bonds is 5. The van der Waals surface area contributed by atoms with Gasteiger partial charge in [-0.15, -0.1) is 0 Å². The van der Waals surface area contributed by atoms with Gasteiger partial charge in [0.15, 0.2) is 0 Å². The fourth-order valence-electron chi connectivity index (χ4n) is 2.93. The minimum absolute atomic E-state index is 0.00171. The lowest BCUT2D eigenvalue weighted by molar-refractivity contribution is 0.0642. The number of halogens is 1. The monoisotopic (exact) mass is 389 g/mol. The number of aromatic nitrogens is 1. The van der Waals surface area contributed by atoms with Crippen molar-refractivity contribution in [1.82, 2.24) is 9.47 Å². The zero-order valence-electron chi connectivity index (χ0n) is 16.1. The van der Waals surface area contributed by atoms with E-state index in [0.717, 1.165) is 0 Å². The Morgan fingerprint density at radius 2 is 1.59 bits per heavy atom. The van der Waals surface area contributed by atoms with Gasteiger partial charge in [-0.05, 0) is 58.0 Å². The number of carbonyl (C=O) groups excluding carboxylic acids is 2. The predicted octanol–water partition coefficient (Wildman–Crippen LogP) is 3.55. The number of nitrogens with one attached hydrogen (secondary N) is 1. The topological polar surface area (TPSA) is 71.4 Å². The second-order valence-corrected chi connectivity index (χ2v) is 7.36. The fourth-order valence-corrected chi connectivity index (χ4v) is 3.05.